The van der Waals surface area contributed by atoms with E-state index in [1.807, 2.05) is 22.6 Å². The van der Waals surface area contributed by atoms with Gasteiger partial charge in [0, 0.05) is 5.56 Å². The van der Waals surface area contributed by atoms with Gasteiger partial charge in [0.25, 0.3) is 0 Å². The van der Waals surface area contributed by atoms with Gasteiger partial charge in [-0.3, -0.25) is 4.40 Å². The van der Waals surface area contributed by atoms with Crippen molar-refractivity contribution >= 4 is 21.6 Å². The molecule has 0 fully saturated rings. The van der Waals surface area contributed by atoms with E-state index >= 15 is 0 Å². The lowest BCUT2D eigenvalue weighted by Crippen LogP contribution is -1.91. The molecule has 0 radical (unpaired) electrons. The SMILES string of the molecule is Fc1ccc(-c2nnc3cccc(Br)n23)cc1. The van der Waals surface area contributed by atoms with Crippen LogP contribution in [0, 0.1) is 5.82 Å². The minimum absolute atomic E-state index is 0.262. The summed E-state index contributed by atoms with van der Waals surface area (Å²) < 4.78 is 15.6. The van der Waals surface area contributed by atoms with Gasteiger partial charge in [-0.25, -0.2) is 4.39 Å². The minimum atomic E-state index is -0.262. The van der Waals surface area contributed by atoms with Crippen molar-refractivity contribution < 1.29 is 4.39 Å². The number of nitrogens with zero attached hydrogens (tertiary/aromatic N) is 3. The summed E-state index contributed by atoms with van der Waals surface area (Å²) in [5.41, 5.74) is 1.57. The van der Waals surface area contributed by atoms with Gasteiger partial charge < -0.3 is 0 Å². The summed E-state index contributed by atoms with van der Waals surface area (Å²) in [5.74, 6) is 0.425. The van der Waals surface area contributed by atoms with Crippen LogP contribution in [0.3, 0.4) is 0 Å². The Morgan fingerprint density at radius 2 is 1.76 bits per heavy atom. The summed E-state index contributed by atoms with van der Waals surface area (Å²) in [6.07, 6.45) is 0. The van der Waals surface area contributed by atoms with Gasteiger partial charge in [-0.2, -0.15) is 0 Å². The van der Waals surface area contributed by atoms with Crippen molar-refractivity contribution in [1.82, 2.24) is 14.6 Å². The van der Waals surface area contributed by atoms with Crippen LogP contribution in [-0.2, 0) is 0 Å². The van der Waals surface area contributed by atoms with Crippen LogP contribution in [0.15, 0.2) is 47.1 Å². The van der Waals surface area contributed by atoms with Crippen LogP contribution in [0.2, 0.25) is 0 Å². The average molecular weight is 292 g/mol. The fourth-order valence-electron chi connectivity index (χ4n) is 1.69. The molecule has 17 heavy (non-hydrogen) atoms. The van der Waals surface area contributed by atoms with E-state index in [1.54, 1.807) is 12.1 Å². The first kappa shape index (κ1) is 10.4. The van der Waals surface area contributed by atoms with Gasteiger partial charge in [-0.1, -0.05) is 6.07 Å². The van der Waals surface area contributed by atoms with Gasteiger partial charge in [0.05, 0.1) is 4.60 Å². The molecule has 0 aliphatic rings. The van der Waals surface area contributed by atoms with E-state index in [9.17, 15) is 4.39 Å². The first-order valence-electron chi connectivity index (χ1n) is 5.01. The van der Waals surface area contributed by atoms with Crippen molar-refractivity contribution in [2.45, 2.75) is 0 Å². The van der Waals surface area contributed by atoms with Gasteiger partial charge in [-0.15, -0.1) is 10.2 Å². The summed E-state index contributed by atoms with van der Waals surface area (Å²) in [5, 5.41) is 8.18. The quantitative estimate of drug-likeness (QED) is 0.644. The van der Waals surface area contributed by atoms with Crippen molar-refractivity contribution in [2.75, 3.05) is 0 Å². The van der Waals surface area contributed by atoms with Crippen LogP contribution < -0.4 is 0 Å². The van der Waals surface area contributed by atoms with Crippen LogP contribution in [-0.4, -0.2) is 14.6 Å². The Labute approximate surface area is 105 Å². The lowest BCUT2D eigenvalue weighted by atomic mass is 10.2. The average Bonchev–Trinajstić information content (AvgIpc) is 2.75. The highest BCUT2D eigenvalue weighted by molar-refractivity contribution is 9.10. The summed E-state index contributed by atoms with van der Waals surface area (Å²) in [6, 6.07) is 11.9. The number of benzene rings is 1. The van der Waals surface area contributed by atoms with Crippen molar-refractivity contribution in [1.29, 1.82) is 0 Å². The fraction of sp³-hybridized carbons (Fsp3) is 0. The number of hydrogen-bond donors (Lipinski definition) is 0. The highest BCUT2D eigenvalue weighted by Gasteiger charge is 2.09. The molecule has 0 bridgehead atoms. The number of rotatable bonds is 1. The van der Waals surface area contributed by atoms with Gasteiger partial charge in [0.15, 0.2) is 11.5 Å². The molecule has 0 aliphatic heterocycles. The molecule has 84 valence electrons. The second-order valence-corrected chi connectivity index (χ2v) is 4.39. The molecular weight excluding hydrogens is 285 g/mol. The molecule has 3 rings (SSSR count). The van der Waals surface area contributed by atoms with Crippen LogP contribution in [0.1, 0.15) is 0 Å². The van der Waals surface area contributed by atoms with E-state index in [0.717, 1.165) is 15.8 Å². The Kier molecular flexibility index (Phi) is 2.40. The topological polar surface area (TPSA) is 30.2 Å². The van der Waals surface area contributed by atoms with Gasteiger partial charge in [0.1, 0.15) is 5.82 Å². The summed E-state index contributed by atoms with van der Waals surface area (Å²) in [7, 11) is 0. The predicted octanol–water partition coefficient (Wildman–Crippen LogP) is 3.30. The van der Waals surface area contributed by atoms with Crippen LogP contribution >= 0.6 is 15.9 Å². The van der Waals surface area contributed by atoms with Crippen LogP contribution in [0.4, 0.5) is 4.39 Å². The van der Waals surface area contributed by atoms with E-state index in [-0.39, 0.29) is 5.82 Å². The Morgan fingerprint density at radius 1 is 1.00 bits per heavy atom. The van der Waals surface area contributed by atoms with Crippen molar-refractivity contribution in [2.24, 2.45) is 0 Å². The first-order chi connectivity index (χ1) is 8.25. The minimum Gasteiger partial charge on any atom is -0.269 e. The lowest BCUT2D eigenvalue weighted by molar-refractivity contribution is 0.628. The van der Waals surface area contributed by atoms with Crippen LogP contribution in [0.5, 0.6) is 0 Å². The summed E-state index contributed by atoms with van der Waals surface area (Å²) in [6.45, 7) is 0. The zero-order chi connectivity index (χ0) is 11.8. The molecule has 2 aromatic heterocycles. The molecule has 0 spiro atoms. The molecule has 0 N–H and O–H groups in total. The maximum atomic E-state index is 12.9. The van der Waals surface area contributed by atoms with Gasteiger partial charge >= 0.3 is 0 Å². The molecule has 3 nitrogen and oxygen atoms in total. The van der Waals surface area contributed by atoms with E-state index in [0.29, 0.717) is 5.82 Å². The maximum Gasteiger partial charge on any atom is 0.169 e. The van der Waals surface area contributed by atoms with Gasteiger partial charge in [0.2, 0.25) is 0 Å². The number of aromatic nitrogens is 3. The second-order valence-electron chi connectivity index (χ2n) is 3.57. The fourth-order valence-corrected chi connectivity index (χ4v) is 2.19. The highest BCUT2D eigenvalue weighted by Crippen LogP contribution is 2.22. The molecule has 0 amide bonds. The van der Waals surface area contributed by atoms with E-state index < -0.39 is 0 Å². The van der Waals surface area contributed by atoms with E-state index in [1.165, 1.54) is 12.1 Å². The van der Waals surface area contributed by atoms with Gasteiger partial charge in [-0.05, 0) is 52.3 Å². The Hall–Kier alpha value is -1.75. The standard InChI is InChI=1S/C12H7BrFN3/c13-10-2-1-3-11-15-16-12(17(10)11)8-4-6-9(14)7-5-8/h1-7H. The van der Waals surface area contributed by atoms with E-state index in [4.69, 9.17) is 0 Å². The molecule has 5 heteroatoms. The number of halogens is 2. The number of fused-ring (bicyclic) bond motifs is 1. The Morgan fingerprint density at radius 3 is 2.53 bits per heavy atom. The normalized spacial score (nSPS) is 10.9. The summed E-state index contributed by atoms with van der Waals surface area (Å²) in [4.78, 5) is 0. The number of hydrogen-bond acceptors (Lipinski definition) is 2. The molecule has 1 aromatic carbocycles. The largest absolute Gasteiger partial charge is 0.269 e. The molecule has 3 aromatic rings. The third-order valence-electron chi connectivity index (χ3n) is 2.48. The molecule has 0 saturated carbocycles. The zero-order valence-electron chi connectivity index (χ0n) is 8.64. The first-order valence-corrected chi connectivity index (χ1v) is 5.80. The molecule has 2 heterocycles. The molecule has 0 aliphatic carbocycles. The second kappa shape index (κ2) is 3.92. The van der Waals surface area contributed by atoms with Crippen molar-refractivity contribution in [3.63, 3.8) is 0 Å². The lowest BCUT2D eigenvalue weighted by Gasteiger charge is -2.02. The van der Waals surface area contributed by atoms with Crippen LogP contribution in [0.25, 0.3) is 17.0 Å². The van der Waals surface area contributed by atoms with Crippen molar-refractivity contribution in [3.8, 4) is 11.4 Å². The van der Waals surface area contributed by atoms with Crippen molar-refractivity contribution in [3.05, 3.63) is 52.9 Å². The van der Waals surface area contributed by atoms with E-state index in [2.05, 4.69) is 26.1 Å². The summed E-state index contributed by atoms with van der Waals surface area (Å²) >= 11 is 3.45. The smallest absolute Gasteiger partial charge is 0.169 e. The Balaban J connectivity index is 2.27. The zero-order valence-corrected chi connectivity index (χ0v) is 10.2. The molecular formula is C12H7BrFN3. The number of pyridine rings is 1. The maximum absolute atomic E-state index is 12.9. The monoisotopic (exact) mass is 291 g/mol. The third kappa shape index (κ3) is 1.72. The molecule has 0 saturated heterocycles. The molecule has 0 unspecified atom stereocenters. The Bertz CT molecular complexity index is 676. The highest BCUT2D eigenvalue weighted by atomic mass is 79.9. The molecule has 0 atom stereocenters. The third-order valence-corrected chi connectivity index (χ3v) is 3.10. The predicted molar refractivity (Wildman–Crippen MR) is 66.1 cm³/mol.